The molecule has 0 bridgehead atoms. The summed E-state index contributed by atoms with van der Waals surface area (Å²) in [5.74, 6) is -0.334. The zero-order chi connectivity index (χ0) is 12.5. The molecule has 0 aliphatic carbocycles. The number of carbonyl (C=O) groups is 1. The molecular formula is C12H16ClNO3. The van der Waals surface area contributed by atoms with Crippen molar-refractivity contribution in [1.82, 2.24) is 0 Å². The Hall–Kier alpha value is -1.26. The molecule has 0 atom stereocenters. The third kappa shape index (κ3) is 6.14. The van der Waals surface area contributed by atoms with Crippen molar-refractivity contribution in [2.75, 3.05) is 31.7 Å². The average Bonchev–Trinajstić information content (AvgIpc) is 2.31. The Labute approximate surface area is 106 Å². The van der Waals surface area contributed by atoms with E-state index in [-0.39, 0.29) is 12.6 Å². The van der Waals surface area contributed by atoms with Gasteiger partial charge >= 0.3 is 5.97 Å². The molecule has 0 spiro atoms. The second-order valence-electron chi connectivity index (χ2n) is 3.29. The van der Waals surface area contributed by atoms with Crippen molar-refractivity contribution >= 4 is 23.3 Å². The van der Waals surface area contributed by atoms with Crippen LogP contribution in [0.2, 0.25) is 5.02 Å². The fourth-order valence-electron chi connectivity index (χ4n) is 1.19. The SMILES string of the molecule is CCOC(=O)COCCNc1ccc(Cl)cc1. The summed E-state index contributed by atoms with van der Waals surface area (Å²) >= 11 is 5.76. The van der Waals surface area contributed by atoms with Crippen LogP contribution in [0.4, 0.5) is 5.69 Å². The van der Waals surface area contributed by atoms with E-state index in [9.17, 15) is 4.79 Å². The minimum absolute atomic E-state index is 0.00383. The van der Waals surface area contributed by atoms with Crippen molar-refractivity contribution in [2.45, 2.75) is 6.92 Å². The van der Waals surface area contributed by atoms with Gasteiger partial charge in [-0.3, -0.25) is 0 Å². The fourth-order valence-corrected chi connectivity index (χ4v) is 1.32. The van der Waals surface area contributed by atoms with E-state index in [1.165, 1.54) is 0 Å². The van der Waals surface area contributed by atoms with Gasteiger partial charge in [0.1, 0.15) is 6.61 Å². The molecule has 0 heterocycles. The van der Waals surface area contributed by atoms with E-state index in [0.717, 1.165) is 5.69 Å². The predicted molar refractivity (Wildman–Crippen MR) is 67.4 cm³/mol. The minimum atomic E-state index is -0.334. The van der Waals surface area contributed by atoms with Crippen LogP contribution in [0.3, 0.4) is 0 Å². The number of rotatable bonds is 7. The monoisotopic (exact) mass is 257 g/mol. The normalized spacial score (nSPS) is 10.0. The fraction of sp³-hybridized carbons (Fsp3) is 0.417. The third-order valence-electron chi connectivity index (χ3n) is 1.94. The van der Waals surface area contributed by atoms with Gasteiger partial charge in [-0.2, -0.15) is 0 Å². The first kappa shape index (κ1) is 13.8. The second kappa shape index (κ2) is 7.92. The number of esters is 1. The Morgan fingerprint density at radius 1 is 1.35 bits per heavy atom. The molecule has 0 saturated carbocycles. The van der Waals surface area contributed by atoms with E-state index in [0.29, 0.717) is 24.8 Å². The number of hydrogen-bond acceptors (Lipinski definition) is 4. The first-order valence-electron chi connectivity index (χ1n) is 5.45. The highest BCUT2D eigenvalue weighted by Crippen LogP contribution is 2.12. The number of halogens is 1. The quantitative estimate of drug-likeness (QED) is 0.602. The highest BCUT2D eigenvalue weighted by molar-refractivity contribution is 6.30. The van der Waals surface area contributed by atoms with Crippen molar-refractivity contribution in [1.29, 1.82) is 0 Å². The van der Waals surface area contributed by atoms with Gasteiger partial charge in [-0.1, -0.05) is 11.6 Å². The number of benzene rings is 1. The van der Waals surface area contributed by atoms with Crippen LogP contribution in [0.15, 0.2) is 24.3 Å². The largest absolute Gasteiger partial charge is 0.464 e. The number of anilines is 1. The van der Waals surface area contributed by atoms with E-state index in [1.54, 1.807) is 6.92 Å². The molecule has 5 heteroatoms. The lowest BCUT2D eigenvalue weighted by Crippen LogP contribution is -2.16. The zero-order valence-corrected chi connectivity index (χ0v) is 10.5. The molecule has 0 fully saturated rings. The number of ether oxygens (including phenoxy) is 2. The van der Waals surface area contributed by atoms with Gasteiger partial charge in [-0.05, 0) is 31.2 Å². The molecule has 1 rings (SSSR count). The molecule has 0 aromatic heterocycles. The van der Waals surface area contributed by atoms with E-state index in [4.69, 9.17) is 21.1 Å². The lowest BCUT2D eigenvalue weighted by Gasteiger charge is -2.07. The van der Waals surface area contributed by atoms with Crippen LogP contribution < -0.4 is 5.32 Å². The molecule has 1 N–H and O–H groups in total. The maximum absolute atomic E-state index is 10.9. The molecule has 4 nitrogen and oxygen atoms in total. The van der Waals surface area contributed by atoms with Crippen molar-refractivity contribution in [3.05, 3.63) is 29.3 Å². The van der Waals surface area contributed by atoms with Gasteiger partial charge in [0.15, 0.2) is 0 Å². The Morgan fingerprint density at radius 3 is 2.71 bits per heavy atom. The molecular weight excluding hydrogens is 242 g/mol. The molecule has 0 saturated heterocycles. The van der Waals surface area contributed by atoms with E-state index in [1.807, 2.05) is 24.3 Å². The summed E-state index contributed by atoms with van der Waals surface area (Å²) in [6.07, 6.45) is 0. The molecule has 0 unspecified atom stereocenters. The van der Waals surface area contributed by atoms with Crippen molar-refractivity contribution in [3.8, 4) is 0 Å². The summed E-state index contributed by atoms with van der Waals surface area (Å²) in [7, 11) is 0. The lowest BCUT2D eigenvalue weighted by molar-refractivity contribution is -0.148. The molecule has 0 aliphatic rings. The van der Waals surface area contributed by atoms with E-state index < -0.39 is 0 Å². The van der Waals surface area contributed by atoms with Gasteiger partial charge < -0.3 is 14.8 Å². The maximum atomic E-state index is 10.9. The first-order chi connectivity index (χ1) is 8.22. The molecule has 1 aromatic rings. The van der Waals surface area contributed by atoms with Crippen LogP contribution >= 0.6 is 11.6 Å². The molecule has 94 valence electrons. The van der Waals surface area contributed by atoms with Crippen LogP contribution in [-0.4, -0.2) is 32.3 Å². The van der Waals surface area contributed by atoms with E-state index in [2.05, 4.69) is 5.32 Å². The van der Waals surface area contributed by atoms with Gasteiger partial charge in [0.2, 0.25) is 0 Å². The highest BCUT2D eigenvalue weighted by atomic mass is 35.5. The van der Waals surface area contributed by atoms with Gasteiger partial charge in [0, 0.05) is 17.3 Å². The van der Waals surface area contributed by atoms with Crippen molar-refractivity contribution in [3.63, 3.8) is 0 Å². The van der Waals surface area contributed by atoms with Crippen LogP contribution in [-0.2, 0) is 14.3 Å². The maximum Gasteiger partial charge on any atom is 0.332 e. The van der Waals surface area contributed by atoms with Crippen molar-refractivity contribution < 1.29 is 14.3 Å². The molecule has 1 aromatic carbocycles. The second-order valence-corrected chi connectivity index (χ2v) is 3.73. The third-order valence-corrected chi connectivity index (χ3v) is 2.20. The highest BCUT2D eigenvalue weighted by Gasteiger charge is 2.00. The molecule has 0 aliphatic heterocycles. The summed E-state index contributed by atoms with van der Waals surface area (Å²) < 4.78 is 9.85. The molecule has 0 amide bonds. The molecule has 17 heavy (non-hydrogen) atoms. The Morgan fingerprint density at radius 2 is 2.06 bits per heavy atom. The molecule has 0 radical (unpaired) electrons. The van der Waals surface area contributed by atoms with Gasteiger partial charge in [0.25, 0.3) is 0 Å². The van der Waals surface area contributed by atoms with Gasteiger partial charge in [0.05, 0.1) is 13.2 Å². The number of nitrogens with one attached hydrogen (secondary N) is 1. The Kier molecular flexibility index (Phi) is 6.43. The average molecular weight is 258 g/mol. The first-order valence-corrected chi connectivity index (χ1v) is 5.83. The lowest BCUT2D eigenvalue weighted by atomic mass is 10.3. The van der Waals surface area contributed by atoms with Gasteiger partial charge in [-0.25, -0.2) is 4.79 Å². The van der Waals surface area contributed by atoms with E-state index >= 15 is 0 Å². The van der Waals surface area contributed by atoms with Crippen LogP contribution in [0.5, 0.6) is 0 Å². The summed E-state index contributed by atoms with van der Waals surface area (Å²) in [6.45, 7) is 3.21. The van der Waals surface area contributed by atoms with Crippen LogP contribution in [0.25, 0.3) is 0 Å². The van der Waals surface area contributed by atoms with Crippen molar-refractivity contribution in [2.24, 2.45) is 0 Å². The minimum Gasteiger partial charge on any atom is -0.464 e. The topological polar surface area (TPSA) is 47.6 Å². The number of carbonyl (C=O) groups excluding carboxylic acids is 1. The Bertz CT molecular complexity index is 340. The number of hydrogen-bond donors (Lipinski definition) is 1. The van der Waals surface area contributed by atoms with Gasteiger partial charge in [-0.15, -0.1) is 0 Å². The Balaban J connectivity index is 2.08. The summed E-state index contributed by atoms with van der Waals surface area (Å²) in [4.78, 5) is 10.9. The smallest absolute Gasteiger partial charge is 0.332 e. The predicted octanol–water partition coefficient (Wildman–Crippen LogP) is 2.33. The standard InChI is InChI=1S/C12H16ClNO3/c1-2-17-12(15)9-16-8-7-14-11-5-3-10(13)4-6-11/h3-6,14H,2,7-9H2,1H3. The van der Waals surface area contributed by atoms with Crippen LogP contribution in [0.1, 0.15) is 6.92 Å². The summed E-state index contributed by atoms with van der Waals surface area (Å²) in [5.41, 5.74) is 0.967. The zero-order valence-electron chi connectivity index (χ0n) is 9.74. The summed E-state index contributed by atoms with van der Waals surface area (Å²) in [5, 5.41) is 3.84. The summed E-state index contributed by atoms with van der Waals surface area (Å²) in [6, 6.07) is 7.38. The van der Waals surface area contributed by atoms with Crippen LogP contribution in [0, 0.1) is 0 Å².